The molecule has 2 aliphatic carbocycles. The standard InChI is InChI=1S/C13H20N4/c1-2-9-3-10-5-13(7-14,11(10)4-9)6-12-15-8-16-17-12/h4,8,10-11H,2-3,5-7,14H2,1H3,(H,15,16,17). The molecule has 3 atom stereocenters. The van der Waals surface area contributed by atoms with Gasteiger partial charge in [-0.3, -0.25) is 0 Å². The van der Waals surface area contributed by atoms with E-state index in [1.165, 1.54) is 19.3 Å². The Morgan fingerprint density at radius 2 is 2.47 bits per heavy atom. The maximum atomic E-state index is 6.04. The molecule has 2 aliphatic rings. The molecule has 0 amide bonds. The van der Waals surface area contributed by atoms with Crippen LogP contribution in [0.5, 0.6) is 0 Å². The van der Waals surface area contributed by atoms with Crippen molar-refractivity contribution in [3.8, 4) is 0 Å². The molecule has 0 spiro atoms. The molecule has 3 rings (SSSR count). The van der Waals surface area contributed by atoms with Gasteiger partial charge in [0.05, 0.1) is 0 Å². The number of nitrogens with two attached hydrogens (primary N) is 1. The highest BCUT2D eigenvalue weighted by Crippen LogP contribution is 2.58. The second-order valence-corrected chi connectivity index (χ2v) is 5.55. The smallest absolute Gasteiger partial charge is 0.130 e. The van der Waals surface area contributed by atoms with E-state index in [0.29, 0.717) is 5.92 Å². The summed E-state index contributed by atoms with van der Waals surface area (Å²) < 4.78 is 0. The van der Waals surface area contributed by atoms with Gasteiger partial charge in [-0.05, 0) is 43.1 Å². The van der Waals surface area contributed by atoms with E-state index in [0.717, 1.165) is 24.7 Å². The van der Waals surface area contributed by atoms with Crippen molar-refractivity contribution in [3.05, 3.63) is 23.8 Å². The highest BCUT2D eigenvalue weighted by molar-refractivity contribution is 5.24. The van der Waals surface area contributed by atoms with E-state index in [1.807, 2.05) is 0 Å². The fourth-order valence-corrected chi connectivity index (χ4v) is 3.69. The third-order valence-electron chi connectivity index (χ3n) is 4.67. The van der Waals surface area contributed by atoms with Gasteiger partial charge < -0.3 is 10.7 Å². The predicted molar refractivity (Wildman–Crippen MR) is 66.2 cm³/mol. The van der Waals surface area contributed by atoms with Gasteiger partial charge in [0.1, 0.15) is 12.2 Å². The van der Waals surface area contributed by atoms with E-state index >= 15 is 0 Å². The second kappa shape index (κ2) is 3.95. The van der Waals surface area contributed by atoms with E-state index in [9.17, 15) is 0 Å². The Labute approximate surface area is 102 Å². The zero-order chi connectivity index (χ0) is 11.9. The Balaban J connectivity index is 1.79. The van der Waals surface area contributed by atoms with Crippen LogP contribution < -0.4 is 5.73 Å². The van der Waals surface area contributed by atoms with Crippen LogP contribution in [-0.2, 0) is 6.42 Å². The molecule has 1 heterocycles. The molecular formula is C13H20N4. The molecular weight excluding hydrogens is 212 g/mol. The molecule has 3 unspecified atom stereocenters. The molecule has 0 aliphatic heterocycles. The van der Waals surface area contributed by atoms with Gasteiger partial charge in [0.2, 0.25) is 0 Å². The van der Waals surface area contributed by atoms with Gasteiger partial charge in [0, 0.05) is 6.42 Å². The Hall–Kier alpha value is -1.16. The first-order valence-electron chi connectivity index (χ1n) is 6.52. The van der Waals surface area contributed by atoms with E-state index in [1.54, 1.807) is 11.9 Å². The maximum absolute atomic E-state index is 6.04. The average Bonchev–Trinajstić information content (AvgIpc) is 2.94. The predicted octanol–water partition coefficient (Wildman–Crippen LogP) is 1.67. The molecule has 1 aromatic heterocycles. The topological polar surface area (TPSA) is 67.6 Å². The van der Waals surface area contributed by atoms with Crippen LogP contribution >= 0.6 is 0 Å². The first-order valence-corrected chi connectivity index (χ1v) is 6.52. The molecule has 1 aromatic rings. The van der Waals surface area contributed by atoms with Gasteiger partial charge in [-0.25, -0.2) is 0 Å². The van der Waals surface area contributed by atoms with Crippen molar-refractivity contribution in [2.75, 3.05) is 6.54 Å². The van der Waals surface area contributed by atoms with Crippen LogP contribution in [0.4, 0.5) is 0 Å². The zero-order valence-electron chi connectivity index (χ0n) is 10.3. The van der Waals surface area contributed by atoms with Gasteiger partial charge in [-0.2, -0.15) is 0 Å². The maximum Gasteiger partial charge on any atom is 0.130 e. The molecule has 92 valence electrons. The van der Waals surface area contributed by atoms with E-state index in [2.05, 4.69) is 28.2 Å². The Morgan fingerprint density at radius 1 is 1.59 bits per heavy atom. The highest BCUT2D eigenvalue weighted by atomic mass is 15.2. The van der Waals surface area contributed by atoms with Crippen LogP contribution in [-0.4, -0.2) is 21.7 Å². The summed E-state index contributed by atoms with van der Waals surface area (Å²) in [5.74, 6) is 2.50. The minimum atomic E-state index is 0.237. The van der Waals surface area contributed by atoms with Gasteiger partial charge >= 0.3 is 0 Å². The monoisotopic (exact) mass is 232 g/mol. The largest absolute Gasteiger partial charge is 0.332 e. The normalized spacial score (nSPS) is 35.3. The van der Waals surface area contributed by atoms with E-state index in [-0.39, 0.29) is 5.41 Å². The van der Waals surface area contributed by atoms with Crippen molar-refractivity contribution in [1.82, 2.24) is 15.2 Å². The quantitative estimate of drug-likeness (QED) is 0.776. The lowest BCUT2D eigenvalue weighted by molar-refractivity contribution is 0.00733. The van der Waals surface area contributed by atoms with Gasteiger partial charge in [0.25, 0.3) is 0 Å². The third-order valence-corrected chi connectivity index (χ3v) is 4.67. The Kier molecular flexibility index (Phi) is 2.54. The number of aromatic amines is 1. The van der Waals surface area contributed by atoms with Gasteiger partial charge in [-0.1, -0.05) is 18.6 Å². The fraction of sp³-hybridized carbons (Fsp3) is 0.692. The summed E-state index contributed by atoms with van der Waals surface area (Å²) in [5, 5.41) is 7.96. The Morgan fingerprint density at radius 3 is 3.12 bits per heavy atom. The lowest BCUT2D eigenvalue weighted by Gasteiger charge is -2.51. The molecule has 4 nitrogen and oxygen atoms in total. The van der Waals surface area contributed by atoms with Crippen LogP contribution in [0, 0.1) is 17.3 Å². The Bertz CT molecular complexity index is 423. The molecule has 0 radical (unpaired) electrons. The van der Waals surface area contributed by atoms with Crippen molar-refractivity contribution in [3.63, 3.8) is 0 Å². The molecule has 4 heteroatoms. The van der Waals surface area contributed by atoms with Crippen LogP contribution in [0.1, 0.15) is 32.0 Å². The first kappa shape index (κ1) is 11.0. The molecule has 0 aromatic carbocycles. The SMILES string of the molecule is CCC1=CC2C(C1)CC2(CN)Cc1nnc[nH]1. The van der Waals surface area contributed by atoms with Crippen molar-refractivity contribution in [2.45, 2.75) is 32.6 Å². The first-order chi connectivity index (χ1) is 8.27. The van der Waals surface area contributed by atoms with Gasteiger partial charge in [-0.15, -0.1) is 10.2 Å². The summed E-state index contributed by atoms with van der Waals surface area (Å²) in [5.41, 5.74) is 7.89. The lowest BCUT2D eigenvalue weighted by atomic mass is 9.53. The fourth-order valence-electron chi connectivity index (χ4n) is 3.69. The van der Waals surface area contributed by atoms with Crippen molar-refractivity contribution in [2.24, 2.45) is 23.0 Å². The lowest BCUT2D eigenvalue weighted by Crippen LogP contribution is -2.51. The second-order valence-electron chi connectivity index (χ2n) is 5.55. The van der Waals surface area contributed by atoms with Gasteiger partial charge in [0.15, 0.2) is 0 Å². The average molecular weight is 232 g/mol. The zero-order valence-corrected chi connectivity index (χ0v) is 10.3. The number of fused-ring (bicyclic) bond motifs is 1. The van der Waals surface area contributed by atoms with Crippen LogP contribution in [0.2, 0.25) is 0 Å². The van der Waals surface area contributed by atoms with Crippen molar-refractivity contribution >= 4 is 0 Å². The summed E-state index contributed by atoms with van der Waals surface area (Å²) in [6.45, 7) is 3.00. The molecule has 17 heavy (non-hydrogen) atoms. The molecule has 1 saturated carbocycles. The summed E-state index contributed by atoms with van der Waals surface area (Å²) in [6, 6.07) is 0. The number of H-pyrrole nitrogens is 1. The molecule has 0 saturated heterocycles. The summed E-state index contributed by atoms with van der Waals surface area (Å²) >= 11 is 0. The summed E-state index contributed by atoms with van der Waals surface area (Å²) in [7, 11) is 0. The minimum Gasteiger partial charge on any atom is -0.332 e. The number of nitrogens with zero attached hydrogens (tertiary/aromatic N) is 2. The number of aromatic nitrogens is 3. The number of allylic oxidation sites excluding steroid dienone is 2. The number of hydrogen-bond donors (Lipinski definition) is 2. The van der Waals surface area contributed by atoms with Crippen LogP contribution in [0.3, 0.4) is 0 Å². The molecule has 3 N–H and O–H groups in total. The third kappa shape index (κ3) is 1.62. The van der Waals surface area contributed by atoms with E-state index < -0.39 is 0 Å². The number of rotatable bonds is 4. The van der Waals surface area contributed by atoms with Crippen LogP contribution in [0.25, 0.3) is 0 Å². The van der Waals surface area contributed by atoms with Crippen molar-refractivity contribution < 1.29 is 0 Å². The molecule has 1 fully saturated rings. The number of hydrogen-bond acceptors (Lipinski definition) is 3. The van der Waals surface area contributed by atoms with E-state index in [4.69, 9.17) is 5.73 Å². The summed E-state index contributed by atoms with van der Waals surface area (Å²) in [4.78, 5) is 3.10. The van der Waals surface area contributed by atoms with Crippen molar-refractivity contribution in [1.29, 1.82) is 0 Å². The minimum absolute atomic E-state index is 0.237. The van der Waals surface area contributed by atoms with Crippen LogP contribution in [0.15, 0.2) is 18.0 Å². The summed E-state index contributed by atoms with van der Waals surface area (Å²) in [6.07, 6.45) is 8.80. The number of nitrogens with one attached hydrogen (secondary N) is 1. The highest BCUT2D eigenvalue weighted by Gasteiger charge is 2.54. The molecule has 0 bridgehead atoms.